The predicted octanol–water partition coefficient (Wildman–Crippen LogP) is 1.37. The van der Waals surface area contributed by atoms with E-state index in [4.69, 9.17) is 0 Å². The first-order valence-corrected chi connectivity index (χ1v) is 11.5. The highest BCUT2D eigenvalue weighted by Gasteiger charge is 2.32. The molecule has 1 aromatic heterocycles. The van der Waals surface area contributed by atoms with Crippen molar-refractivity contribution in [3.05, 3.63) is 35.2 Å². The molecule has 1 aromatic carbocycles. The Bertz CT molecular complexity index is 956. The standard InChI is InChI=1S/C18H25N5O3S2/c1-13-9-14(2)17(15(3)10-13)28(25,26)23-7-5-22(6-8-23)16(24)11-27-18-20-19-12-21(18)4/h9-10,12H,5-8,11H2,1-4H3. The maximum Gasteiger partial charge on any atom is 0.243 e. The van der Waals surface area contributed by atoms with Crippen LogP contribution in [0.3, 0.4) is 0 Å². The van der Waals surface area contributed by atoms with Gasteiger partial charge in [0.2, 0.25) is 15.9 Å². The number of thioether (sulfide) groups is 1. The van der Waals surface area contributed by atoms with E-state index in [-0.39, 0.29) is 11.7 Å². The number of hydrogen-bond acceptors (Lipinski definition) is 6. The summed E-state index contributed by atoms with van der Waals surface area (Å²) in [6.45, 7) is 7.00. The summed E-state index contributed by atoms with van der Waals surface area (Å²) in [5.41, 5.74) is 2.57. The van der Waals surface area contributed by atoms with Crippen LogP contribution in [-0.2, 0) is 21.9 Å². The van der Waals surface area contributed by atoms with Crippen LogP contribution in [0.15, 0.2) is 28.5 Å². The van der Waals surface area contributed by atoms with Crippen LogP contribution in [0, 0.1) is 20.8 Å². The number of carbonyl (C=O) groups excluding carboxylic acids is 1. The van der Waals surface area contributed by atoms with E-state index in [2.05, 4.69) is 10.2 Å². The molecule has 1 aliphatic rings. The third-order valence-corrected chi connectivity index (χ3v) is 8.01. The SMILES string of the molecule is Cc1cc(C)c(S(=O)(=O)N2CCN(C(=O)CSc3nncn3C)CC2)c(C)c1. The molecule has 1 saturated heterocycles. The van der Waals surface area contributed by atoms with Crippen LogP contribution < -0.4 is 0 Å². The fourth-order valence-corrected chi connectivity index (χ4v) is 6.13. The summed E-state index contributed by atoms with van der Waals surface area (Å²) < 4.78 is 29.5. The third kappa shape index (κ3) is 4.23. The van der Waals surface area contributed by atoms with Gasteiger partial charge in [-0.05, 0) is 31.9 Å². The van der Waals surface area contributed by atoms with Gasteiger partial charge in [0.15, 0.2) is 5.16 Å². The van der Waals surface area contributed by atoms with Crippen molar-refractivity contribution in [1.29, 1.82) is 0 Å². The van der Waals surface area contributed by atoms with Gasteiger partial charge in [-0.2, -0.15) is 4.31 Å². The molecule has 10 heteroatoms. The van der Waals surface area contributed by atoms with Crippen molar-refractivity contribution in [3.8, 4) is 0 Å². The minimum Gasteiger partial charge on any atom is -0.339 e. The summed E-state index contributed by atoms with van der Waals surface area (Å²) in [6, 6.07) is 3.78. The lowest BCUT2D eigenvalue weighted by molar-refractivity contribution is -0.129. The average molecular weight is 424 g/mol. The predicted molar refractivity (Wildman–Crippen MR) is 108 cm³/mol. The molecule has 0 spiro atoms. The molecular weight excluding hydrogens is 398 g/mol. The van der Waals surface area contributed by atoms with Crippen LogP contribution in [0.25, 0.3) is 0 Å². The first-order chi connectivity index (χ1) is 13.2. The number of nitrogens with zero attached hydrogens (tertiary/aromatic N) is 5. The first-order valence-electron chi connectivity index (χ1n) is 9.02. The van der Waals surface area contributed by atoms with Gasteiger partial charge in [0, 0.05) is 33.2 Å². The second-order valence-electron chi connectivity index (χ2n) is 7.03. The Hall–Kier alpha value is -1.91. The maximum absolute atomic E-state index is 13.1. The van der Waals surface area contributed by atoms with Crippen LogP contribution in [0.4, 0.5) is 0 Å². The van der Waals surface area contributed by atoms with E-state index in [1.54, 1.807) is 15.8 Å². The summed E-state index contributed by atoms with van der Waals surface area (Å²) >= 11 is 1.33. The van der Waals surface area contributed by atoms with Crippen molar-refractivity contribution in [2.45, 2.75) is 30.8 Å². The molecule has 0 aliphatic carbocycles. The number of rotatable bonds is 5. The van der Waals surface area contributed by atoms with Gasteiger partial charge in [0.25, 0.3) is 0 Å². The van der Waals surface area contributed by atoms with Crippen LogP contribution in [0.2, 0.25) is 0 Å². The second-order valence-corrected chi connectivity index (χ2v) is 9.84. The Balaban J connectivity index is 1.63. The number of hydrogen-bond donors (Lipinski definition) is 0. The molecule has 0 atom stereocenters. The number of sulfonamides is 1. The average Bonchev–Trinajstić information content (AvgIpc) is 3.03. The van der Waals surface area contributed by atoms with E-state index in [0.29, 0.717) is 36.2 Å². The molecule has 0 unspecified atom stereocenters. The Morgan fingerprint density at radius 1 is 1.11 bits per heavy atom. The highest BCUT2D eigenvalue weighted by molar-refractivity contribution is 7.99. The second kappa shape index (κ2) is 8.22. The van der Waals surface area contributed by atoms with Crippen molar-refractivity contribution in [2.75, 3.05) is 31.9 Å². The van der Waals surface area contributed by atoms with Gasteiger partial charge in [0.1, 0.15) is 6.33 Å². The molecule has 0 N–H and O–H groups in total. The number of piperazine rings is 1. The number of aromatic nitrogens is 3. The molecule has 8 nitrogen and oxygen atoms in total. The molecule has 152 valence electrons. The van der Waals surface area contributed by atoms with Crippen LogP contribution in [0.5, 0.6) is 0 Å². The zero-order valence-electron chi connectivity index (χ0n) is 16.5. The molecule has 2 heterocycles. The first kappa shape index (κ1) is 20.8. The van der Waals surface area contributed by atoms with Crippen molar-refractivity contribution in [3.63, 3.8) is 0 Å². The van der Waals surface area contributed by atoms with Gasteiger partial charge in [-0.3, -0.25) is 4.79 Å². The smallest absolute Gasteiger partial charge is 0.243 e. The topological polar surface area (TPSA) is 88.4 Å². The number of amides is 1. The van der Waals surface area contributed by atoms with Crippen molar-refractivity contribution < 1.29 is 13.2 Å². The van der Waals surface area contributed by atoms with Gasteiger partial charge in [-0.1, -0.05) is 29.5 Å². The molecule has 1 fully saturated rings. The summed E-state index contributed by atoms with van der Waals surface area (Å²) in [5, 5.41) is 8.42. The molecular formula is C18H25N5O3S2. The van der Waals surface area contributed by atoms with Crippen LogP contribution in [-0.4, -0.2) is 70.2 Å². The van der Waals surface area contributed by atoms with E-state index in [9.17, 15) is 13.2 Å². The minimum absolute atomic E-state index is 0.0206. The van der Waals surface area contributed by atoms with Crippen molar-refractivity contribution >= 4 is 27.7 Å². The summed E-state index contributed by atoms with van der Waals surface area (Å²) in [6.07, 6.45) is 1.59. The summed E-state index contributed by atoms with van der Waals surface area (Å²) in [4.78, 5) is 14.6. The van der Waals surface area contributed by atoms with E-state index in [1.807, 2.05) is 40.0 Å². The van der Waals surface area contributed by atoms with Crippen molar-refractivity contribution in [1.82, 2.24) is 24.0 Å². The van der Waals surface area contributed by atoms with Gasteiger partial charge >= 0.3 is 0 Å². The van der Waals surface area contributed by atoms with Gasteiger partial charge < -0.3 is 9.47 Å². The largest absolute Gasteiger partial charge is 0.339 e. The molecule has 1 amide bonds. The van der Waals surface area contributed by atoms with E-state index in [0.717, 1.165) is 16.7 Å². The van der Waals surface area contributed by atoms with Gasteiger partial charge in [-0.15, -0.1) is 10.2 Å². The lowest BCUT2D eigenvalue weighted by atomic mass is 10.1. The summed E-state index contributed by atoms with van der Waals surface area (Å²) in [5.74, 6) is 0.239. The van der Waals surface area contributed by atoms with Gasteiger partial charge in [-0.25, -0.2) is 8.42 Å². The summed E-state index contributed by atoms with van der Waals surface area (Å²) in [7, 11) is -1.75. The Kier molecular flexibility index (Phi) is 6.11. The van der Waals surface area contributed by atoms with Gasteiger partial charge in [0.05, 0.1) is 10.6 Å². The maximum atomic E-state index is 13.1. The highest BCUT2D eigenvalue weighted by atomic mass is 32.2. The third-order valence-electron chi connectivity index (χ3n) is 4.79. The van der Waals surface area contributed by atoms with E-state index >= 15 is 0 Å². The quantitative estimate of drug-likeness (QED) is 0.675. The lowest BCUT2D eigenvalue weighted by Gasteiger charge is -2.34. The lowest BCUT2D eigenvalue weighted by Crippen LogP contribution is -2.51. The zero-order chi connectivity index (χ0) is 20.5. The Labute approximate surface area is 170 Å². The Morgan fingerprint density at radius 3 is 2.25 bits per heavy atom. The zero-order valence-corrected chi connectivity index (χ0v) is 18.2. The molecule has 3 rings (SSSR count). The molecule has 1 aliphatic heterocycles. The molecule has 2 aromatic rings. The number of benzene rings is 1. The fourth-order valence-electron chi connectivity index (χ4n) is 3.50. The molecule has 0 radical (unpaired) electrons. The van der Waals surface area contributed by atoms with E-state index < -0.39 is 10.0 Å². The minimum atomic E-state index is -3.57. The normalized spacial score (nSPS) is 15.8. The monoisotopic (exact) mass is 423 g/mol. The Morgan fingerprint density at radius 2 is 1.71 bits per heavy atom. The highest BCUT2D eigenvalue weighted by Crippen LogP contribution is 2.26. The number of carbonyl (C=O) groups is 1. The van der Waals surface area contributed by atoms with Crippen molar-refractivity contribution in [2.24, 2.45) is 7.05 Å². The number of aryl methyl sites for hydroxylation is 4. The molecule has 0 bridgehead atoms. The van der Waals surface area contributed by atoms with Crippen LogP contribution in [0.1, 0.15) is 16.7 Å². The molecule has 0 saturated carbocycles. The molecule has 28 heavy (non-hydrogen) atoms. The van der Waals surface area contributed by atoms with Crippen LogP contribution >= 0.6 is 11.8 Å². The fraction of sp³-hybridized carbons (Fsp3) is 0.500. The van der Waals surface area contributed by atoms with E-state index in [1.165, 1.54) is 16.1 Å².